The van der Waals surface area contributed by atoms with Gasteiger partial charge in [0.05, 0.1) is 27.7 Å². The number of hydrogen-bond acceptors (Lipinski definition) is 6. The summed E-state index contributed by atoms with van der Waals surface area (Å²) in [6.45, 7) is 1.88. The molecule has 0 unspecified atom stereocenters. The summed E-state index contributed by atoms with van der Waals surface area (Å²) in [4.78, 5) is 6.99. The molecule has 6 nitrogen and oxygen atoms in total. The van der Waals surface area contributed by atoms with Gasteiger partial charge in [-0.1, -0.05) is 23.2 Å². The van der Waals surface area contributed by atoms with Gasteiger partial charge in [0, 0.05) is 37.1 Å². The Balaban J connectivity index is 1.44. The zero-order valence-electron chi connectivity index (χ0n) is 16.1. The first kappa shape index (κ1) is 21.4. The van der Waals surface area contributed by atoms with Crippen LogP contribution in [0.25, 0.3) is 11.3 Å². The quantitative estimate of drug-likeness (QED) is 0.528. The minimum absolute atomic E-state index is 0.154. The SMILES string of the molecule is COc1ccc(-c2csc(N3CCN(S(=O)(=O)c4ccc(Cl)c(Cl)c4)CC3)n2)cc1. The summed E-state index contributed by atoms with van der Waals surface area (Å²) in [5.74, 6) is 0.800. The van der Waals surface area contributed by atoms with Gasteiger partial charge in [-0.25, -0.2) is 13.4 Å². The highest BCUT2D eigenvalue weighted by Crippen LogP contribution is 2.31. The topological polar surface area (TPSA) is 62.7 Å². The predicted octanol–water partition coefficient (Wildman–Crippen LogP) is 4.64. The van der Waals surface area contributed by atoms with Gasteiger partial charge >= 0.3 is 0 Å². The Morgan fingerprint density at radius 3 is 2.33 bits per heavy atom. The van der Waals surface area contributed by atoms with Crippen LogP contribution in [-0.2, 0) is 10.0 Å². The molecule has 1 saturated heterocycles. The van der Waals surface area contributed by atoms with Crippen molar-refractivity contribution in [1.29, 1.82) is 0 Å². The van der Waals surface area contributed by atoms with E-state index in [1.165, 1.54) is 22.5 Å². The van der Waals surface area contributed by atoms with Gasteiger partial charge in [-0.05, 0) is 42.5 Å². The zero-order valence-corrected chi connectivity index (χ0v) is 19.2. The van der Waals surface area contributed by atoms with Gasteiger partial charge in [-0.15, -0.1) is 11.3 Å². The van der Waals surface area contributed by atoms with Crippen LogP contribution in [0.3, 0.4) is 0 Å². The van der Waals surface area contributed by atoms with Crippen molar-refractivity contribution in [3.63, 3.8) is 0 Å². The van der Waals surface area contributed by atoms with E-state index < -0.39 is 10.0 Å². The monoisotopic (exact) mass is 483 g/mol. The number of ether oxygens (including phenoxy) is 1. The Labute approximate surface area is 189 Å². The fraction of sp³-hybridized carbons (Fsp3) is 0.250. The van der Waals surface area contributed by atoms with Gasteiger partial charge in [0.1, 0.15) is 5.75 Å². The van der Waals surface area contributed by atoms with E-state index in [0.29, 0.717) is 31.2 Å². The molecule has 1 fully saturated rings. The number of anilines is 1. The largest absolute Gasteiger partial charge is 0.497 e. The Bertz CT molecular complexity index is 1140. The lowest BCUT2D eigenvalue weighted by Crippen LogP contribution is -2.48. The van der Waals surface area contributed by atoms with Crippen LogP contribution < -0.4 is 9.64 Å². The highest BCUT2D eigenvalue weighted by Gasteiger charge is 2.29. The summed E-state index contributed by atoms with van der Waals surface area (Å²) in [7, 11) is -1.98. The van der Waals surface area contributed by atoms with Crippen molar-refractivity contribution in [2.45, 2.75) is 4.90 Å². The Hall–Kier alpha value is -1.84. The molecular formula is C20H19Cl2N3O3S2. The number of rotatable bonds is 5. The molecule has 2 aromatic carbocycles. The first-order valence-electron chi connectivity index (χ1n) is 9.18. The van der Waals surface area contributed by atoms with E-state index >= 15 is 0 Å². The number of piperazine rings is 1. The number of sulfonamides is 1. The van der Waals surface area contributed by atoms with Crippen LogP contribution in [-0.4, -0.2) is 51.0 Å². The molecular weight excluding hydrogens is 465 g/mol. The fourth-order valence-electron chi connectivity index (χ4n) is 3.21. The van der Waals surface area contributed by atoms with Crippen LogP contribution in [0.2, 0.25) is 10.0 Å². The molecule has 2 heterocycles. The molecule has 0 spiro atoms. The van der Waals surface area contributed by atoms with Crippen molar-refractivity contribution >= 4 is 49.7 Å². The molecule has 10 heteroatoms. The maximum Gasteiger partial charge on any atom is 0.243 e. The molecule has 0 aliphatic carbocycles. The second-order valence-corrected chi connectivity index (χ2v) is 10.3. The Morgan fingerprint density at radius 2 is 1.70 bits per heavy atom. The number of benzene rings is 2. The molecule has 1 aliphatic rings. The molecule has 0 amide bonds. The molecule has 30 heavy (non-hydrogen) atoms. The molecule has 0 saturated carbocycles. The van der Waals surface area contributed by atoms with Gasteiger partial charge in [0.15, 0.2) is 5.13 Å². The van der Waals surface area contributed by atoms with E-state index in [4.69, 9.17) is 32.9 Å². The Morgan fingerprint density at radius 1 is 1.00 bits per heavy atom. The summed E-state index contributed by atoms with van der Waals surface area (Å²) in [5, 5.41) is 3.45. The van der Waals surface area contributed by atoms with Crippen molar-refractivity contribution in [2.75, 3.05) is 38.2 Å². The second kappa shape index (κ2) is 8.72. The molecule has 0 radical (unpaired) electrons. The highest BCUT2D eigenvalue weighted by molar-refractivity contribution is 7.89. The van der Waals surface area contributed by atoms with Gasteiger partial charge in [-0.3, -0.25) is 0 Å². The van der Waals surface area contributed by atoms with Crippen LogP contribution in [0, 0.1) is 0 Å². The van der Waals surface area contributed by atoms with Gasteiger partial charge in [-0.2, -0.15) is 4.31 Å². The predicted molar refractivity (Wildman–Crippen MR) is 122 cm³/mol. The molecule has 0 bridgehead atoms. The minimum atomic E-state index is -3.62. The lowest BCUT2D eigenvalue weighted by Gasteiger charge is -2.33. The third-order valence-corrected chi connectivity index (χ3v) is 8.45. The molecule has 158 valence electrons. The zero-order chi connectivity index (χ0) is 21.3. The van der Waals surface area contributed by atoms with E-state index in [0.717, 1.165) is 22.1 Å². The molecule has 4 rings (SSSR count). The van der Waals surface area contributed by atoms with Crippen molar-refractivity contribution in [3.8, 4) is 17.0 Å². The van der Waals surface area contributed by atoms with Crippen molar-refractivity contribution in [3.05, 3.63) is 57.9 Å². The maximum atomic E-state index is 12.9. The average Bonchev–Trinajstić information content (AvgIpc) is 3.26. The minimum Gasteiger partial charge on any atom is -0.497 e. The van der Waals surface area contributed by atoms with Crippen molar-refractivity contribution < 1.29 is 13.2 Å². The van der Waals surface area contributed by atoms with E-state index in [-0.39, 0.29) is 9.92 Å². The number of nitrogens with zero attached hydrogens (tertiary/aromatic N) is 3. The van der Waals surface area contributed by atoms with E-state index in [2.05, 4.69) is 4.90 Å². The van der Waals surface area contributed by atoms with Crippen LogP contribution in [0.4, 0.5) is 5.13 Å². The number of methoxy groups -OCH3 is 1. The lowest BCUT2D eigenvalue weighted by molar-refractivity contribution is 0.385. The third kappa shape index (κ3) is 4.29. The van der Waals surface area contributed by atoms with Crippen LogP contribution >= 0.6 is 34.5 Å². The van der Waals surface area contributed by atoms with Crippen LogP contribution in [0.1, 0.15) is 0 Å². The third-order valence-electron chi connectivity index (χ3n) is 4.92. The van der Waals surface area contributed by atoms with Crippen molar-refractivity contribution in [1.82, 2.24) is 9.29 Å². The number of aromatic nitrogens is 1. The average molecular weight is 484 g/mol. The summed E-state index contributed by atoms with van der Waals surface area (Å²) < 4.78 is 32.5. The van der Waals surface area contributed by atoms with Gasteiger partial charge in [0.25, 0.3) is 0 Å². The molecule has 0 N–H and O–H groups in total. The maximum absolute atomic E-state index is 12.9. The number of thiazole rings is 1. The second-order valence-electron chi connectivity index (χ2n) is 6.71. The van der Waals surface area contributed by atoms with Crippen molar-refractivity contribution in [2.24, 2.45) is 0 Å². The smallest absolute Gasteiger partial charge is 0.243 e. The summed E-state index contributed by atoms with van der Waals surface area (Å²) in [5.41, 5.74) is 1.91. The van der Waals surface area contributed by atoms with Gasteiger partial charge in [0.2, 0.25) is 10.0 Å². The molecule has 1 aliphatic heterocycles. The van der Waals surface area contributed by atoms with Gasteiger partial charge < -0.3 is 9.64 Å². The lowest BCUT2D eigenvalue weighted by atomic mass is 10.2. The molecule has 3 aromatic rings. The standard InChI is InChI=1S/C20H19Cl2N3O3S2/c1-28-15-4-2-14(3-5-15)19-13-29-20(23-19)24-8-10-25(11-9-24)30(26,27)16-6-7-17(21)18(22)12-16/h2-7,12-13H,8-11H2,1H3. The summed E-state index contributed by atoms with van der Waals surface area (Å²) in [6.07, 6.45) is 0. The normalized spacial score (nSPS) is 15.4. The Kier molecular flexibility index (Phi) is 6.22. The number of hydrogen-bond donors (Lipinski definition) is 0. The highest BCUT2D eigenvalue weighted by atomic mass is 35.5. The number of halogens is 2. The van der Waals surface area contributed by atoms with E-state index in [1.807, 2.05) is 29.6 Å². The first-order valence-corrected chi connectivity index (χ1v) is 12.3. The molecule has 0 atom stereocenters. The van der Waals surface area contributed by atoms with Crippen LogP contribution in [0.15, 0.2) is 52.7 Å². The summed E-state index contributed by atoms with van der Waals surface area (Å²) in [6, 6.07) is 12.1. The van der Waals surface area contributed by atoms with E-state index in [1.54, 1.807) is 18.4 Å². The summed E-state index contributed by atoms with van der Waals surface area (Å²) >= 11 is 13.5. The van der Waals surface area contributed by atoms with E-state index in [9.17, 15) is 8.42 Å². The van der Waals surface area contributed by atoms with Crippen LogP contribution in [0.5, 0.6) is 5.75 Å². The first-order chi connectivity index (χ1) is 14.4. The molecule has 1 aromatic heterocycles. The fourth-order valence-corrected chi connectivity index (χ4v) is 5.91.